The number of rotatable bonds is 15. The molecular formula is C27H44O3. The lowest BCUT2D eigenvalue weighted by Crippen LogP contribution is -2.25. The fraction of sp³-hybridized carbons (Fsp3) is 0.741. The van der Waals surface area contributed by atoms with Crippen molar-refractivity contribution >= 4 is 5.97 Å². The lowest BCUT2D eigenvalue weighted by molar-refractivity contribution is -0.140. The Hall–Kier alpha value is -1.51. The first-order valence-electron chi connectivity index (χ1n) is 12.7. The molecule has 0 amide bonds. The lowest BCUT2D eigenvalue weighted by Gasteiger charge is -2.27. The van der Waals surface area contributed by atoms with Gasteiger partial charge >= 0.3 is 5.97 Å². The maximum Gasteiger partial charge on any atom is 0.314 e. The third-order valence-corrected chi connectivity index (χ3v) is 6.45. The molecule has 30 heavy (non-hydrogen) atoms. The summed E-state index contributed by atoms with van der Waals surface area (Å²) >= 11 is 0. The molecular weight excluding hydrogens is 372 g/mol. The Morgan fingerprint density at radius 3 is 2.00 bits per heavy atom. The summed E-state index contributed by atoms with van der Waals surface area (Å²) in [7, 11) is 0. The number of unbranched alkanes of at least 4 members (excludes halogenated alkanes) is 8. The van der Waals surface area contributed by atoms with Crippen molar-refractivity contribution in [1.29, 1.82) is 0 Å². The lowest BCUT2D eigenvalue weighted by atomic mass is 9.80. The summed E-state index contributed by atoms with van der Waals surface area (Å²) in [6, 6.07) is 7.53. The summed E-state index contributed by atoms with van der Waals surface area (Å²) in [6.45, 7) is 5.26. The number of benzene rings is 1. The van der Waals surface area contributed by atoms with Crippen LogP contribution in [0.2, 0.25) is 0 Å². The quantitative estimate of drug-likeness (QED) is 0.164. The molecule has 0 atom stereocenters. The van der Waals surface area contributed by atoms with Gasteiger partial charge in [-0.15, -0.1) is 0 Å². The Bertz CT molecular complexity index is 558. The van der Waals surface area contributed by atoms with Crippen LogP contribution >= 0.6 is 0 Å². The minimum absolute atomic E-state index is 0.0554. The molecule has 1 aromatic carbocycles. The third kappa shape index (κ3) is 10.00. The van der Waals surface area contributed by atoms with Crippen molar-refractivity contribution < 1.29 is 14.3 Å². The molecule has 3 nitrogen and oxygen atoms in total. The topological polar surface area (TPSA) is 35.5 Å². The van der Waals surface area contributed by atoms with Crippen LogP contribution in [0.3, 0.4) is 0 Å². The van der Waals surface area contributed by atoms with Crippen molar-refractivity contribution in [3.63, 3.8) is 0 Å². The SMILES string of the molecule is CCCCCCCCOc1ccc(OC(=O)C2CCC(CCCCCC)CC2)cc1. The highest BCUT2D eigenvalue weighted by molar-refractivity contribution is 5.75. The number of hydrogen-bond acceptors (Lipinski definition) is 3. The summed E-state index contributed by atoms with van der Waals surface area (Å²) in [5.41, 5.74) is 0. The summed E-state index contributed by atoms with van der Waals surface area (Å²) < 4.78 is 11.5. The van der Waals surface area contributed by atoms with Crippen molar-refractivity contribution in [2.45, 2.75) is 110 Å². The van der Waals surface area contributed by atoms with E-state index in [2.05, 4.69) is 13.8 Å². The van der Waals surface area contributed by atoms with E-state index in [9.17, 15) is 4.79 Å². The maximum atomic E-state index is 12.5. The number of carbonyl (C=O) groups excluding carboxylic acids is 1. The molecule has 1 fully saturated rings. The normalized spacial score (nSPS) is 18.9. The van der Waals surface area contributed by atoms with Gasteiger partial charge in [-0.25, -0.2) is 0 Å². The van der Waals surface area contributed by atoms with E-state index in [4.69, 9.17) is 9.47 Å². The van der Waals surface area contributed by atoms with Crippen molar-refractivity contribution in [1.82, 2.24) is 0 Å². The summed E-state index contributed by atoms with van der Waals surface area (Å²) in [5.74, 6) is 2.32. The van der Waals surface area contributed by atoms with Gasteiger partial charge in [0.2, 0.25) is 0 Å². The van der Waals surface area contributed by atoms with Gasteiger partial charge in [-0.05, 0) is 62.3 Å². The molecule has 0 saturated heterocycles. The van der Waals surface area contributed by atoms with Crippen LogP contribution in [-0.2, 0) is 4.79 Å². The molecule has 0 N–H and O–H groups in total. The van der Waals surface area contributed by atoms with Gasteiger partial charge in [0.15, 0.2) is 0 Å². The molecule has 2 rings (SSSR count). The van der Waals surface area contributed by atoms with Crippen LogP contribution in [0, 0.1) is 11.8 Å². The van der Waals surface area contributed by atoms with E-state index in [0.717, 1.165) is 37.5 Å². The van der Waals surface area contributed by atoms with E-state index < -0.39 is 0 Å². The van der Waals surface area contributed by atoms with E-state index in [-0.39, 0.29) is 11.9 Å². The molecule has 0 spiro atoms. The van der Waals surface area contributed by atoms with Crippen LogP contribution in [0.5, 0.6) is 11.5 Å². The molecule has 0 bridgehead atoms. The van der Waals surface area contributed by atoms with Gasteiger partial charge in [-0.1, -0.05) is 78.1 Å². The Labute approximate surface area is 184 Å². The first kappa shape index (κ1) is 24.8. The average molecular weight is 417 g/mol. The minimum Gasteiger partial charge on any atom is -0.494 e. The van der Waals surface area contributed by atoms with E-state index in [1.54, 1.807) is 0 Å². The van der Waals surface area contributed by atoms with Crippen molar-refractivity contribution in [2.75, 3.05) is 6.61 Å². The minimum atomic E-state index is -0.0554. The molecule has 1 aromatic rings. The molecule has 3 heteroatoms. The fourth-order valence-corrected chi connectivity index (χ4v) is 4.42. The zero-order valence-electron chi connectivity index (χ0n) is 19.5. The first-order valence-corrected chi connectivity index (χ1v) is 12.7. The van der Waals surface area contributed by atoms with Gasteiger partial charge in [0.05, 0.1) is 12.5 Å². The highest BCUT2D eigenvalue weighted by atomic mass is 16.5. The molecule has 0 radical (unpaired) electrons. The van der Waals surface area contributed by atoms with Gasteiger partial charge in [0.25, 0.3) is 0 Å². The Balaban J connectivity index is 1.60. The summed E-state index contributed by atoms with van der Waals surface area (Å²) in [6.07, 6.45) is 18.6. The first-order chi connectivity index (χ1) is 14.7. The molecule has 0 aromatic heterocycles. The van der Waals surface area contributed by atoms with Crippen LogP contribution < -0.4 is 9.47 Å². The van der Waals surface area contributed by atoms with Gasteiger partial charge in [-0.3, -0.25) is 4.79 Å². The molecule has 1 saturated carbocycles. The van der Waals surface area contributed by atoms with E-state index >= 15 is 0 Å². The van der Waals surface area contributed by atoms with E-state index in [1.807, 2.05) is 24.3 Å². The average Bonchev–Trinajstić information content (AvgIpc) is 2.77. The zero-order chi connectivity index (χ0) is 21.4. The summed E-state index contributed by atoms with van der Waals surface area (Å²) in [4.78, 5) is 12.5. The van der Waals surface area contributed by atoms with Crippen molar-refractivity contribution in [3.8, 4) is 11.5 Å². The fourth-order valence-electron chi connectivity index (χ4n) is 4.42. The van der Waals surface area contributed by atoms with Crippen LogP contribution in [0.25, 0.3) is 0 Å². The van der Waals surface area contributed by atoms with E-state index in [0.29, 0.717) is 5.75 Å². The largest absolute Gasteiger partial charge is 0.494 e. The highest BCUT2D eigenvalue weighted by Gasteiger charge is 2.27. The van der Waals surface area contributed by atoms with Gasteiger partial charge in [0, 0.05) is 0 Å². The Morgan fingerprint density at radius 1 is 0.767 bits per heavy atom. The van der Waals surface area contributed by atoms with Crippen molar-refractivity contribution in [3.05, 3.63) is 24.3 Å². The van der Waals surface area contributed by atoms with Gasteiger partial charge in [0.1, 0.15) is 11.5 Å². The van der Waals surface area contributed by atoms with Crippen LogP contribution in [0.15, 0.2) is 24.3 Å². The standard InChI is InChI=1S/C27H44O3/c1-3-5-7-9-10-12-22-29-25-18-20-26(21-19-25)30-27(28)24-16-14-23(15-17-24)13-11-8-6-4-2/h18-21,23-24H,3-17,22H2,1-2H3. The number of esters is 1. The Kier molecular flexibility index (Phi) is 12.6. The molecule has 1 aliphatic carbocycles. The third-order valence-electron chi connectivity index (χ3n) is 6.45. The molecule has 0 heterocycles. The zero-order valence-corrected chi connectivity index (χ0v) is 19.5. The van der Waals surface area contributed by atoms with Crippen molar-refractivity contribution in [2.24, 2.45) is 11.8 Å². The van der Waals surface area contributed by atoms with Crippen LogP contribution in [0.4, 0.5) is 0 Å². The summed E-state index contributed by atoms with van der Waals surface area (Å²) in [5, 5.41) is 0. The van der Waals surface area contributed by atoms with Gasteiger partial charge in [-0.2, -0.15) is 0 Å². The molecule has 170 valence electrons. The number of hydrogen-bond donors (Lipinski definition) is 0. The highest BCUT2D eigenvalue weighted by Crippen LogP contribution is 2.33. The Morgan fingerprint density at radius 2 is 1.33 bits per heavy atom. The molecule has 0 aliphatic heterocycles. The second-order valence-electron chi connectivity index (χ2n) is 9.08. The number of carbonyl (C=O) groups is 1. The maximum absolute atomic E-state index is 12.5. The predicted molar refractivity (Wildman–Crippen MR) is 125 cm³/mol. The number of ether oxygens (including phenoxy) is 2. The monoisotopic (exact) mass is 416 g/mol. The second-order valence-corrected chi connectivity index (χ2v) is 9.08. The van der Waals surface area contributed by atoms with Crippen LogP contribution in [-0.4, -0.2) is 12.6 Å². The van der Waals surface area contributed by atoms with Gasteiger partial charge < -0.3 is 9.47 Å². The van der Waals surface area contributed by atoms with Crippen LogP contribution in [0.1, 0.15) is 110 Å². The smallest absolute Gasteiger partial charge is 0.314 e. The molecule has 1 aliphatic rings. The molecule has 0 unspecified atom stereocenters. The predicted octanol–water partition coefficient (Wildman–Crippen LogP) is 8.11. The van der Waals surface area contributed by atoms with E-state index in [1.165, 1.54) is 77.0 Å². The second kappa shape index (κ2) is 15.3.